The molecule has 1 aromatic rings. The second-order valence-electron chi connectivity index (χ2n) is 2.94. The van der Waals surface area contributed by atoms with Gasteiger partial charge >= 0.3 is 0 Å². The van der Waals surface area contributed by atoms with Crippen LogP contribution in [0.15, 0.2) is 18.2 Å². The van der Waals surface area contributed by atoms with Gasteiger partial charge in [-0.1, -0.05) is 17.7 Å². The summed E-state index contributed by atoms with van der Waals surface area (Å²) in [5, 5.41) is -0.805. The standard InChI is InChI=1S/C10H9Cl3O2/c1-15-9-3-2-6(4-7(9)11)5-8(12)10(13)14/h2-4,8H,5H2,1H3. The highest BCUT2D eigenvalue weighted by molar-refractivity contribution is 6.69. The average molecular weight is 268 g/mol. The van der Waals surface area contributed by atoms with Gasteiger partial charge in [-0.25, -0.2) is 0 Å². The minimum atomic E-state index is -0.726. The van der Waals surface area contributed by atoms with Crippen molar-refractivity contribution in [2.75, 3.05) is 7.11 Å². The van der Waals surface area contributed by atoms with Gasteiger partial charge < -0.3 is 4.74 Å². The molecular weight excluding hydrogens is 258 g/mol. The van der Waals surface area contributed by atoms with Gasteiger partial charge in [0.1, 0.15) is 11.1 Å². The Morgan fingerprint density at radius 1 is 1.53 bits per heavy atom. The number of methoxy groups -OCH3 is 1. The summed E-state index contributed by atoms with van der Waals surface area (Å²) in [4.78, 5) is 10.7. The van der Waals surface area contributed by atoms with Gasteiger partial charge in [0.2, 0.25) is 5.24 Å². The third-order valence-corrected chi connectivity index (χ3v) is 2.90. The molecule has 0 bridgehead atoms. The van der Waals surface area contributed by atoms with E-state index in [0.717, 1.165) is 5.56 Å². The Hall–Kier alpha value is -0.440. The van der Waals surface area contributed by atoms with Gasteiger partial charge in [0, 0.05) is 0 Å². The molecule has 0 saturated carbocycles. The lowest BCUT2D eigenvalue weighted by molar-refractivity contribution is -0.111. The molecule has 0 radical (unpaired) electrons. The summed E-state index contributed by atoms with van der Waals surface area (Å²) >= 11 is 16.9. The van der Waals surface area contributed by atoms with E-state index in [9.17, 15) is 4.79 Å². The van der Waals surface area contributed by atoms with Crippen molar-refractivity contribution in [2.24, 2.45) is 0 Å². The number of ether oxygens (including phenoxy) is 1. The maximum absolute atomic E-state index is 10.7. The molecule has 0 aromatic heterocycles. The fourth-order valence-corrected chi connectivity index (χ4v) is 1.66. The number of carbonyl (C=O) groups is 1. The molecule has 1 rings (SSSR count). The molecule has 15 heavy (non-hydrogen) atoms. The van der Waals surface area contributed by atoms with Crippen molar-refractivity contribution in [1.82, 2.24) is 0 Å². The molecule has 1 aromatic carbocycles. The third-order valence-electron chi connectivity index (χ3n) is 1.88. The molecule has 1 atom stereocenters. The summed E-state index contributed by atoms with van der Waals surface area (Å²) in [6.07, 6.45) is 0.355. The molecule has 0 saturated heterocycles. The largest absolute Gasteiger partial charge is 0.495 e. The van der Waals surface area contributed by atoms with E-state index in [2.05, 4.69) is 0 Å². The predicted molar refractivity (Wildman–Crippen MR) is 62.2 cm³/mol. The first kappa shape index (κ1) is 12.6. The van der Waals surface area contributed by atoms with Crippen LogP contribution in [-0.4, -0.2) is 17.7 Å². The lowest BCUT2D eigenvalue weighted by atomic mass is 10.1. The van der Waals surface area contributed by atoms with Crippen LogP contribution >= 0.6 is 34.8 Å². The molecule has 82 valence electrons. The molecule has 0 N–H and O–H groups in total. The van der Waals surface area contributed by atoms with E-state index in [0.29, 0.717) is 17.2 Å². The fourth-order valence-electron chi connectivity index (χ4n) is 1.12. The van der Waals surface area contributed by atoms with Crippen molar-refractivity contribution in [1.29, 1.82) is 0 Å². The monoisotopic (exact) mass is 266 g/mol. The minimum Gasteiger partial charge on any atom is -0.495 e. The number of rotatable bonds is 4. The van der Waals surface area contributed by atoms with Crippen LogP contribution in [0.1, 0.15) is 5.56 Å². The molecule has 0 aliphatic rings. The minimum absolute atomic E-state index is 0.355. The zero-order valence-corrected chi connectivity index (χ0v) is 10.2. The maximum atomic E-state index is 10.7. The van der Waals surface area contributed by atoms with E-state index < -0.39 is 10.6 Å². The number of benzene rings is 1. The van der Waals surface area contributed by atoms with Gasteiger partial charge in [-0.3, -0.25) is 4.79 Å². The van der Waals surface area contributed by atoms with E-state index in [1.165, 1.54) is 7.11 Å². The van der Waals surface area contributed by atoms with Gasteiger partial charge in [-0.05, 0) is 35.7 Å². The van der Waals surface area contributed by atoms with Crippen molar-refractivity contribution in [2.45, 2.75) is 11.8 Å². The summed E-state index contributed by atoms with van der Waals surface area (Å²) in [6, 6.07) is 5.22. The first-order valence-corrected chi connectivity index (χ1v) is 5.39. The van der Waals surface area contributed by atoms with E-state index >= 15 is 0 Å². The molecule has 5 heteroatoms. The van der Waals surface area contributed by atoms with Crippen LogP contribution < -0.4 is 4.74 Å². The molecule has 0 aliphatic heterocycles. The summed E-state index contributed by atoms with van der Waals surface area (Å²) in [5.74, 6) is 0.587. The molecule has 2 nitrogen and oxygen atoms in total. The molecule has 0 heterocycles. The maximum Gasteiger partial charge on any atom is 0.239 e. The van der Waals surface area contributed by atoms with Gasteiger partial charge in [-0.2, -0.15) is 0 Å². The molecule has 0 spiro atoms. The summed E-state index contributed by atoms with van der Waals surface area (Å²) in [5.41, 5.74) is 0.842. The van der Waals surface area contributed by atoms with E-state index in [4.69, 9.17) is 39.5 Å². The zero-order valence-electron chi connectivity index (χ0n) is 7.97. The van der Waals surface area contributed by atoms with Gasteiger partial charge in [-0.15, -0.1) is 11.6 Å². The lowest BCUT2D eigenvalue weighted by Gasteiger charge is -2.07. The average Bonchev–Trinajstić information content (AvgIpc) is 2.18. The van der Waals surface area contributed by atoms with E-state index in [-0.39, 0.29) is 0 Å². The summed E-state index contributed by atoms with van der Waals surface area (Å²) in [7, 11) is 1.54. The number of alkyl halides is 1. The van der Waals surface area contributed by atoms with Crippen LogP contribution in [0, 0.1) is 0 Å². The van der Waals surface area contributed by atoms with E-state index in [1.54, 1.807) is 18.2 Å². The Morgan fingerprint density at radius 3 is 2.67 bits per heavy atom. The third kappa shape index (κ3) is 3.56. The Kier molecular flexibility index (Phi) is 4.71. The van der Waals surface area contributed by atoms with Crippen LogP contribution in [0.2, 0.25) is 5.02 Å². The predicted octanol–water partition coefficient (Wildman–Crippen LogP) is 3.26. The molecule has 1 unspecified atom stereocenters. The summed E-state index contributed by atoms with van der Waals surface area (Å²) in [6.45, 7) is 0. The number of hydrogen-bond acceptors (Lipinski definition) is 2. The number of carbonyl (C=O) groups excluding carboxylic acids is 1. The Bertz CT molecular complexity index is 366. The second-order valence-corrected chi connectivity index (χ2v) is 4.25. The SMILES string of the molecule is COc1ccc(CC(Cl)C(=O)Cl)cc1Cl. The number of hydrogen-bond donors (Lipinski definition) is 0. The molecule has 0 amide bonds. The number of halogens is 3. The first-order chi connectivity index (χ1) is 7.04. The highest BCUT2D eigenvalue weighted by Gasteiger charge is 2.13. The van der Waals surface area contributed by atoms with Gasteiger partial charge in [0.15, 0.2) is 0 Å². The van der Waals surface area contributed by atoms with Gasteiger partial charge in [0.05, 0.1) is 12.1 Å². The fraction of sp³-hybridized carbons (Fsp3) is 0.300. The topological polar surface area (TPSA) is 26.3 Å². The quantitative estimate of drug-likeness (QED) is 0.618. The van der Waals surface area contributed by atoms with Crippen molar-refractivity contribution in [3.63, 3.8) is 0 Å². The smallest absolute Gasteiger partial charge is 0.239 e. The van der Waals surface area contributed by atoms with Crippen molar-refractivity contribution < 1.29 is 9.53 Å². The van der Waals surface area contributed by atoms with Gasteiger partial charge in [0.25, 0.3) is 0 Å². The van der Waals surface area contributed by atoms with Crippen LogP contribution in [0.25, 0.3) is 0 Å². The van der Waals surface area contributed by atoms with Crippen molar-refractivity contribution in [3.05, 3.63) is 28.8 Å². The summed E-state index contributed by atoms with van der Waals surface area (Å²) < 4.78 is 4.99. The Balaban J connectivity index is 2.79. The normalized spacial score (nSPS) is 12.3. The van der Waals surface area contributed by atoms with Crippen molar-refractivity contribution >= 4 is 40.0 Å². The Labute approximate surface area is 103 Å². The van der Waals surface area contributed by atoms with Crippen LogP contribution in [0.3, 0.4) is 0 Å². The highest BCUT2D eigenvalue weighted by atomic mass is 35.5. The molecular formula is C10H9Cl3O2. The molecule has 0 fully saturated rings. The molecule has 0 aliphatic carbocycles. The zero-order chi connectivity index (χ0) is 11.4. The van der Waals surface area contributed by atoms with Crippen LogP contribution in [0.5, 0.6) is 5.75 Å². The van der Waals surface area contributed by atoms with Crippen LogP contribution in [-0.2, 0) is 11.2 Å². The Morgan fingerprint density at radius 2 is 2.20 bits per heavy atom. The van der Waals surface area contributed by atoms with Crippen LogP contribution in [0.4, 0.5) is 0 Å². The first-order valence-electron chi connectivity index (χ1n) is 4.20. The van der Waals surface area contributed by atoms with Crippen molar-refractivity contribution in [3.8, 4) is 5.75 Å². The lowest BCUT2D eigenvalue weighted by Crippen LogP contribution is -2.11. The van der Waals surface area contributed by atoms with E-state index in [1.807, 2.05) is 0 Å². The highest BCUT2D eigenvalue weighted by Crippen LogP contribution is 2.26. The second kappa shape index (κ2) is 5.59.